The van der Waals surface area contributed by atoms with Crippen LogP contribution in [0.25, 0.3) is 0 Å². The standard InChI is InChI=1S/C20H24N2O6S/c1-22(14-20(23)21-10-9-15-3-5-16(26-2)6-4-15)29(24,25)17-7-8-18-19(13-17)28-12-11-27-18/h3-8,13H,9-12,14H2,1-2H3,(H,21,23). The van der Waals surface area contributed by atoms with Gasteiger partial charge in [0, 0.05) is 19.7 Å². The molecule has 1 aliphatic rings. The van der Waals surface area contributed by atoms with E-state index in [1.165, 1.54) is 19.2 Å². The summed E-state index contributed by atoms with van der Waals surface area (Å²) in [5.74, 6) is 1.29. The first-order valence-electron chi connectivity index (χ1n) is 9.16. The van der Waals surface area contributed by atoms with E-state index in [2.05, 4.69) is 5.32 Å². The largest absolute Gasteiger partial charge is 0.497 e. The quantitative estimate of drug-likeness (QED) is 0.695. The summed E-state index contributed by atoms with van der Waals surface area (Å²) in [7, 11) is -0.857. The Bertz CT molecular complexity index is 959. The van der Waals surface area contributed by atoms with Crippen LogP contribution in [0.1, 0.15) is 5.56 Å². The second-order valence-electron chi connectivity index (χ2n) is 6.51. The minimum absolute atomic E-state index is 0.0512. The minimum atomic E-state index is -3.83. The Kier molecular flexibility index (Phi) is 6.60. The topological polar surface area (TPSA) is 94.2 Å². The molecule has 0 aromatic heterocycles. The molecule has 0 saturated carbocycles. The second kappa shape index (κ2) is 9.15. The Labute approximate surface area is 170 Å². The molecule has 1 N–H and O–H groups in total. The van der Waals surface area contributed by atoms with E-state index >= 15 is 0 Å². The zero-order valence-electron chi connectivity index (χ0n) is 16.4. The van der Waals surface area contributed by atoms with Gasteiger partial charge < -0.3 is 19.5 Å². The molecule has 2 aromatic rings. The number of nitrogens with one attached hydrogen (secondary N) is 1. The van der Waals surface area contributed by atoms with Crippen LogP contribution < -0.4 is 19.5 Å². The molecule has 0 unspecified atom stereocenters. The lowest BCUT2D eigenvalue weighted by Gasteiger charge is -2.21. The van der Waals surface area contributed by atoms with Crippen molar-refractivity contribution >= 4 is 15.9 Å². The number of fused-ring (bicyclic) bond motifs is 1. The van der Waals surface area contributed by atoms with Crippen molar-refractivity contribution in [2.45, 2.75) is 11.3 Å². The van der Waals surface area contributed by atoms with Crippen LogP contribution in [0.5, 0.6) is 17.2 Å². The molecule has 29 heavy (non-hydrogen) atoms. The van der Waals surface area contributed by atoms with Crippen LogP contribution in [0.2, 0.25) is 0 Å². The average molecular weight is 420 g/mol. The van der Waals surface area contributed by atoms with E-state index in [0.29, 0.717) is 37.7 Å². The number of hydrogen-bond donors (Lipinski definition) is 1. The van der Waals surface area contributed by atoms with E-state index < -0.39 is 10.0 Å². The van der Waals surface area contributed by atoms with Crippen LogP contribution in [-0.2, 0) is 21.2 Å². The lowest BCUT2D eigenvalue weighted by atomic mass is 10.1. The summed E-state index contributed by atoms with van der Waals surface area (Å²) in [6.45, 7) is 0.918. The molecule has 2 aromatic carbocycles. The van der Waals surface area contributed by atoms with Crippen molar-refractivity contribution in [2.75, 3.05) is 40.5 Å². The van der Waals surface area contributed by atoms with Crippen LogP contribution in [0, 0.1) is 0 Å². The highest BCUT2D eigenvalue weighted by Crippen LogP contribution is 2.32. The highest BCUT2D eigenvalue weighted by Gasteiger charge is 2.25. The first-order chi connectivity index (χ1) is 13.9. The third-order valence-electron chi connectivity index (χ3n) is 4.48. The number of benzene rings is 2. The van der Waals surface area contributed by atoms with Gasteiger partial charge in [0.1, 0.15) is 19.0 Å². The summed E-state index contributed by atoms with van der Waals surface area (Å²) in [6.07, 6.45) is 0.633. The number of nitrogens with zero attached hydrogens (tertiary/aromatic N) is 1. The average Bonchev–Trinajstić information content (AvgIpc) is 2.73. The fraction of sp³-hybridized carbons (Fsp3) is 0.350. The molecule has 1 amide bonds. The molecule has 1 aliphatic heterocycles. The molecular formula is C20H24N2O6S. The Balaban J connectivity index is 1.54. The molecular weight excluding hydrogens is 396 g/mol. The monoisotopic (exact) mass is 420 g/mol. The van der Waals surface area contributed by atoms with Gasteiger partial charge in [-0.2, -0.15) is 4.31 Å². The smallest absolute Gasteiger partial charge is 0.243 e. The van der Waals surface area contributed by atoms with Gasteiger partial charge in [-0.05, 0) is 36.2 Å². The van der Waals surface area contributed by atoms with E-state index in [4.69, 9.17) is 14.2 Å². The van der Waals surface area contributed by atoms with Crippen LogP contribution >= 0.6 is 0 Å². The summed E-state index contributed by atoms with van der Waals surface area (Å²) in [5.41, 5.74) is 1.04. The van der Waals surface area contributed by atoms with Crippen LogP contribution in [-0.4, -0.2) is 59.1 Å². The molecule has 1 heterocycles. The van der Waals surface area contributed by atoms with E-state index in [0.717, 1.165) is 15.6 Å². The van der Waals surface area contributed by atoms with Crippen molar-refractivity contribution in [3.05, 3.63) is 48.0 Å². The minimum Gasteiger partial charge on any atom is -0.497 e. The van der Waals surface area contributed by atoms with Gasteiger partial charge in [0.05, 0.1) is 18.6 Å². The fourth-order valence-corrected chi connectivity index (χ4v) is 3.99. The number of carbonyl (C=O) groups excluding carboxylic acids is 1. The van der Waals surface area contributed by atoms with Gasteiger partial charge in [0.25, 0.3) is 0 Å². The number of carbonyl (C=O) groups is 1. The van der Waals surface area contributed by atoms with Crippen LogP contribution in [0.3, 0.4) is 0 Å². The van der Waals surface area contributed by atoms with Crippen molar-refractivity contribution in [1.29, 1.82) is 0 Å². The summed E-state index contributed by atoms with van der Waals surface area (Å²) in [5, 5.41) is 2.74. The van der Waals surface area contributed by atoms with Gasteiger partial charge in [0.15, 0.2) is 11.5 Å². The van der Waals surface area contributed by atoms with Crippen molar-refractivity contribution in [3.63, 3.8) is 0 Å². The summed E-state index contributed by atoms with van der Waals surface area (Å²) in [6, 6.07) is 12.0. The van der Waals surface area contributed by atoms with E-state index in [-0.39, 0.29) is 17.3 Å². The van der Waals surface area contributed by atoms with Crippen molar-refractivity contribution in [3.8, 4) is 17.2 Å². The van der Waals surface area contributed by atoms with Gasteiger partial charge in [-0.1, -0.05) is 12.1 Å². The van der Waals surface area contributed by atoms with Crippen molar-refractivity contribution < 1.29 is 27.4 Å². The number of hydrogen-bond acceptors (Lipinski definition) is 6. The number of ether oxygens (including phenoxy) is 3. The van der Waals surface area contributed by atoms with E-state index in [1.807, 2.05) is 24.3 Å². The third kappa shape index (κ3) is 5.18. The Hall–Kier alpha value is -2.78. The highest BCUT2D eigenvalue weighted by molar-refractivity contribution is 7.89. The third-order valence-corrected chi connectivity index (χ3v) is 6.28. The maximum Gasteiger partial charge on any atom is 0.243 e. The Morgan fingerprint density at radius 2 is 1.79 bits per heavy atom. The normalized spacial score (nSPS) is 13.2. The predicted octanol–water partition coefficient (Wildman–Crippen LogP) is 1.45. The first-order valence-corrected chi connectivity index (χ1v) is 10.6. The molecule has 0 fully saturated rings. The molecule has 3 rings (SSSR count). The predicted molar refractivity (Wildman–Crippen MR) is 107 cm³/mol. The number of likely N-dealkylation sites (N-methyl/N-ethyl adjacent to an activating group) is 1. The van der Waals surface area contributed by atoms with Gasteiger partial charge >= 0.3 is 0 Å². The number of amides is 1. The molecule has 9 heteroatoms. The molecule has 156 valence electrons. The maximum atomic E-state index is 12.7. The SMILES string of the molecule is COc1ccc(CCNC(=O)CN(C)S(=O)(=O)c2ccc3c(c2)OCCO3)cc1. The molecule has 0 radical (unpaired) electrons. The molecule has 0 spiro atoms. The first kappa shape index (κ1) is 20.9. The van der Waals surface area contributed by atoms with Gasteiger partial charge in [-0.3, -0.25) is 4.79 Å². The molecule has 0 aliphatic carbocycles. The van der Waals surface area contributed by atoms with Gasteiger partial charge in [-0.25, -0.2) is 8.42 Å². The molecule has 0 saturated heterocycles. The van der Waals surface area contributed by atoms with E-state index in [1.54, 1.807) is 13.2 Å². The number of rotatable bonds is 8. The van der Waals surface area contributed by atoms with Crippen LogP contribution in [0.15, 0.2) is 47.4 Å². The van der Waals surface area contributed by atoms with Gasteiger partial charge in [0.2, 0.25) is 15.9 Å². The molecule has 8 nitrogen and oxygen atoms in total. The van der Waals surface area contributed by atoms with Gasteiger partial charge in [-0.15, -0.1) is 0 Å². The number of sulfonamides is 1. The molecule has 0 atom stereocenters. The van der Waals surface area contributed by atoms with Crippen molar-refractivity contribution in [2.24, 2.45) is 0 Å². The van der Waals surface area contributed by atoms with E-state index in [9.17, 15) is 13.2 Å². The fourth-order valence-electron chi connectivity index (χ4n) is 2.85. The summed E-state index contributed by atoms with van der Waals surface area (Å²) < 4.78 is 42.5. The highest BCUT2D eigenvalue weighted by atomic mass is 32.2. The lowest BCUT2D eigenvalue weighted by Crippen LogP contribution is -2.39. The lowest BCUT2D eigenvalue weighted by molar-refractivity contribution is -0.121. The Morgan fingerprint density at radius 3 is 2.48 bits per heavy atom. The second-order valence-corrected chi connectivity index (χ2v) is 8.56. The van der Waals surface area contributed by atoms with Crippen molar-refractivity contribution in [1.82, 2.24) is 9.62 Å². The summed E-state index contributed by atoms with van der Waals surface area (Å²) >= 11 is 0. The summed E-state index contributed by atoms with van der Waals surface area (Å²) in [4.78, 5) is 12.2. The Morgan fingerprint density at radius 1 is 1.10 bits per heavy atom. The number of methoxy groups -OCH3 is 1. The molecule has 0 bridgehead atoms. The maximum absolute atomic E-state index is 12.7. The van der Waals surface area contributed by atoms with Crippen LogP contribution in [0.4, 0.5) is 0 Å². The zero-order chi connectivity index (χ0) is 20.9. The zero-order valence-corrected chi connectivity index (χ0v) is 17.2.